The summed E-state index contributed by atoms with van der Waals surface area (Å²) < 4.78 is 0. The topological polar surface area (TPSA) is 56.1 Å². The molecule has 0 unspecified atom stereocenters. The lowest BCUT2D eigenvalue weighted by atomic mass is 9.98. The van der Waals surface area contributed by atoms with Crippen molar-refractivity contribution in [3.63, 3.8) is 0 Å². The van der Waals surface area contributed by atoms with E-state index < -0.39 is 5.54 Å². The van der Waals surface area contributed by atoms with Crippen molar-refractivity contribution in [3.8, 4) is 6.07 Å². The molecule has 4 nitrogen and oxygen atoms in total. The summed E-state index contributed by atoms with van der Waals surface area (Å²) in [4.78, 5) is 14.8. The summed E-state index contributed by atoms with van der Waals surface area (Å²) in [6, 6.07) is 10.7. The molecule has 3 rings (SSSR count). The van der Waals surface area contributed by atoms with Crippen LogP contribution in [0.1, 0.15) is 51.1 Å². The third kappa shape index (κ3) is 3.91. The van der Waals surface area contributed by atoms with Gasteiger partial charge < -0.3 is 5.32 Å². The van der Waals surface area contributed by atoms with E-state index in [-0.39, 0.29) is 11.9 Å². The number of carbonyl (C=O) groups is 1. The second-order valence-corrected chi connectivity index (χ2v) is 7.70. The van der Waals surface area contributed by atoms with Gasteiger partial charge in [0.25, 0.3) is 0 Å². The van der Waals surface area contributed by atoms with E-state index in [1.54, 1.807) is 0 Å². The van der Waals surface area contributed by atoms with E-state index in [4.69, 9.17) is 11.6 Å². The van der Waals surface area contributed by atoms with Crippen LogP contribution in [-0.2, 0) is 4.79 Å². The van der Waals surface area contributed by atoms with Gasteiger partial charge in [0, 0.05) is 17.1 Å². The standard InChI is InChI=1S/C19H24ClN3O/c1-13(14-3-7-16(20)8-4-14)23(17-9-10-17)11-18(24)22-19(2,12-21)15-5-6-15/h3-4,7-8,13,15,17H,5-6,9-11H2,1-2H3,(H,22,24)/t13-,19+/m1/s1. The normalized spacial score (nSPS) is 21.0. The van der Waals surface area contributed by atoms with Gasteiger partial charge in [-0.3, -0.25) is 9.69 Å². The third-order valence-electron chi connectivity index (χ3n) is 5.22. The van der Waals surface area contributed by atoms with Crippen molar-refractivity contribution in [2.75, 3.05) is 6.54 Å². The summed E-state index contributed by atoms with van der Waals surface area (Å²) in [5.74, 6) is 0.244. The molecule has 0 saturated heterocycles. The van der Waals surface area contributed by atoms with Crippen LogP contribution in [0.3, 0.4) is 0 Å². The van der Waals surface area contributed by atoms with Crippen molar-refractivity contribution in [2.45, 2.75) is 57.2 Å². The highest BCUT2D eigenvalue weighted by molar-refractivity contribution is 6.30. The second kappa shape index (κ2) is 6.74. The second-order valence-electron chi connectivity index (χ2n) is 7.27. The Kier molecular flexibility index (Phi) is 4.85. The first kappa shape index (κ1) is 17.3. The molecule has 128 valence electrons. The molecule has 0 aromatic heterocycles. The van der Waals surface area contributed by atoms with Crippen molar-refractivity contribution < 1.29 is 4.79 Å². The molecule has 2 saturated carbocycles. The molecule has 0 heterocycles. The molecule has 0 radical (unpaired) electrons. The maximum absolute atomic E-state index is 12.6. The van der Waals surface area contributed by atoms with Crippen molar-refractivity contribution in [2.24, 2.45) is 5.92 Å². The maximum atomic E-state index is 12.6. The van der Waals surface area contributed by atoms with Crippen LogP contribution in [0.15, 0.2) is 24.3 Å². The Hall–Kier alpha value is -1.57. The minimum Gasteiger partial charge on any atom is -0.337 e. The average molecular weight is 346 g/mol. The number of amides is 1. The Bertz CT molecular complexity index is 646. The van der Waals surface area contributed by atoms with Gasteiger partial charge in [-0.1, -0.05) is 23.7 Å². The zero-order chi connectivity index (χ0) is 17.3. The zero-order valence-corrected chi connectivity index (χ0v) is 15.0. The molecule has 1 N–H and O–H groups in total. The third-order valence-corrected chi connectivity index (χ3v) is 5.47. The fourth-order valence-corrected chi connectivity index (χ4v) is 3.42. The Labute approximate surface area is 148 Å². The van der Waals surface area contributed by atoms with Gasteiger partial charge in [-0.05, 0) is 63.1 Å². The number of hydrogen-bond donors (Lipinski definition) is 1. The van der Waals surface area contributed by atoms with Crippen molar-refractivity contribution in [3.05, 3.63) is 34.9 Å². The van der Waals surface area contributed by atoms with Gasteiger partial charge in [0.15, 0.2) is 0 Å². The van der Waals surface area contributed by atoms with Crippen LogP contribution in [0.25, 0.3) is 0 Å². The Morgan fingerprint density at radius 2 is 2.00 bits per heavy atom. The zero-order valence-electron chi connectivity index (χ0n) is 14.3. The fourth-order valence-electron chi connectivity index (χ4n) is 3.30. The number of halogens is 1. The molecule has 0 spiro atoms. The van der Waals surface area contributed by atoms with Gasteiger partial charge >= 0.3 is 0 Å². The highest BCUT2D eigenvalue weighted by Crippen LogP contribution is 2.39. The fraction of sp³-hybridized carbons (Fsp3) is 0.579. The van der Waals surface area contributed by atoms with Gasteiger partial charge in [-0.25, -0.2) is 0 Å². The Balaban J connectivity index is 1.66. The first-order chi connectivity index (χ1) is 11.4. The minimum atomic E-state index is -0.726. The van der Waals surface area contributed by atoms with Gasteiger partial charge in [0.05, 0.1) is 12.6 Å². The molecule has 2 atom stereocenters. The van der Waals surface area contributed by atoms with Crippen LogP contribution in [-0.4, -0.2) is 28.9 Å². The number of nitriles is 1. The van der Waals surface area contributed by atoms with E-state index in [1.807, 2.05) is 31.2 Å². The Morgan fingerprint density at radius 1 is 1.38 bits per heavy atom. The van der Waals surface area contributed by atoms with E-state index in [2.05, 4.69) is 23.2 Å². The van der Waals surface area contributed by atoms with E-state index in [9.17, 15) is 10.1 Å². The van der Waals surface area contributed by atoms with E-state index >= 15 is 0 Å². The number of rotatable bonds is 7. The summed E-state index contributed by atoms with van der Waals surface area (Å²) in [6.45, 7) is 4.30. The number of nitrogens with one attached hydrogen (secondary N) is 1. The average Bonchev–Trinajstić information content (AvgIpc) is 3.44. The largest absolute Gasteiger partial charge is 0.337 e. The molecule has 2 aliphatic rings. The van der Waals surface area contributed by atoms with Crippen molar-refractivity contribution in [1.29, 1.82) is 5.26 Å². The Morgan fingerprint density at radius 3 is 2.50 bits per heavy atom. The van der Waals surface area contributed by atoms with Crippen LogP contribution in [0.5, 0.6) is 0 Å². The lowest BCUT2D eigenvalue weighted by Gasteiger charge is -2.31. The first-order valence-electron chi connectivity index (χ1n) is 8.66. The molecule has 1 aromatic carbocycles. The van der Waals surface area contributed by atoms with Crippen LogP contribution in [0.4, 0.5) is 0 Å². The summed E-state index contributed by atoms with van der Waals surface area (Å²) in [5, 5.41) is 13.1. The number of nitrogens with zero attached hydrogens (tertiary/aromatic N) is 2. The summed E-state index contributed by atoms with van der Waals surface area (Å²) in [6.07, 6.45) is 4.31. The monoisotopic (exact) mass is 345 g/mol. The molecule has 1 aromatic rings. The first-order valence-corrected chi connectivity index (χ1v) is 9.04. The van der Waals surface area contributed by atoms with Gasteiger partial charge in [-0.2, -0.15) is 5.26 Å². The summed E-state index contributed by atoms with van der Waals surface area (Å²) in [7, 11) is 0. The number of benzene rings is 1. The van der Waals surface area contributed by atoms with Crippen LogP contribution in [0.2, 0.25) is 5.02 Å². The maximum Gasteiger partial charge on any atom is 0.235 e. The molecular weight excluding hydrogens is 322 g/mol. The highest BCUT2D eigenvalue weighted by Gasteiger charge is 2.43. The number of carbonyl (C=O) groups excluding carboxylic acids is 1. The SMILES string of the molecule is C[C@H](c1ccc(Cl)cc1)N(CC(=O)N[C@@](C)(C#N)C1CC1)C1CC1. The van der Waals surface area contributed by atoms with Gasteiger partial charge in [0.1, 0.15) is 5.54 Å². The molecule has 1 amide bonds. The van der Waals surface area contributed by atoms with Gasteiger partial charge in [-0.15, -0.1) is 0 Å². The quantitative estimate of drug-likeness (QED) is 0.820. The van der Waals surface area contributed by atoms with E-state index in [0.717, 1.165) is 36.3 Å². The minimum absolute atomic E-state index is 0.0568. The van der Waals surface area contributed by atoms with Crippen LogP contribution in [0, 0.1) is 17.2 Å². The molecule has 0 aliphatic heterocycles. The molecule has 5 heteroatoms. The van der Waals surface area contributed by atoms with Gasteiger partial charge in [0.2, 0.25) is 5.91 Å². The summed E-state index contributed by atoms with van der Waals surface area (Å²) >= 11 is 5.97. The molecule has 2 fully saturated rings. The predicted molar refractivity (Wildman–Crippen MR) is 94.5 cm³/mol. The molecule has 2 aliphatic carbocycles. The lowest BCUT2D eigenvalue weighted by molar-refractivity contribution is -0.124. The highest BCUT2D eigenvalue weighted by atomic mass is 35.5. The van der Waals surface area contributed by atoms with E-state index in [1.165, 1.54) is 0 Å². The van der Waals surface area contributed by atoms with Crippen molar-refractivity contribution >= 4 is 17.5 Å². The predicted octanol–water partition coefficient (Wildman–Crippen LogP) is 3.67. The molecule has 0 bridgehead atoms. The number of hydrogen-bond acceptors (Lipinski definition) is 3. The molecular formula is C19H24ClN3O. The molecule has 24 heavy (non-hydrogen) atoms. The summed E-state index contributed by atoms with van der Waals surface area (Å²) in [5.41, 5.74) is 0.430. The lowest BCUT2D eigenvalue weighted by Crippen LogP contribution is -2.50. The van der Waals surface area contributed by atoms with Crippen LogP contribution >= 0.6 is 11.6 Å². The van der Waals surface area contributed by atoms with Crippen LogP contribution < -0.4 is 5.32 Å². The van der Waals surface area contributed by atoms with Crippen molar-refractivity contribution in [1.82, 2.24) is 10.2 Å². The smallest absolute Gasteiger partial charge is 0.235 e. The van der Waals surface area contributed by atoms with E-state index in [0.29, 0.717) is 18.5 Å².